The maximum absolute atomic E-state index is 13.2. The molecule has 2 aromatic carbocycles. The van der Waals surface area contributed by atoms with Crippen molar-refractivity contribution in [1.29, 1.82) is 0 Å². The third kappa shape index (κ3) is 4.30. The molecular weight excluding hydrogens is 468 g/mol. The average Bonchev–Trinajstić information content (AvgIpc) is 2.90. The summed E-state index contributed by atoms with van der Waals surface area (Å²) in [6, 6.07) is 6.67. The number of rotatable bonds is 6. The highest BCUT2D eigenvalue weighted by Crippen LogP contribution is 2.37. The molecule has 1 saturated heterocycles. The minimum Gasteiger partial charge on any atom is -0.495 e. The first kappa shape index (κ1) is 23.2. The summed E-state index contributed by atoms with van der Waals surface area (Å²) < 4.78 is 64.6. The number of benzene rings is 2. The normalized spacial score (nSPS) is 18.2. The van der Waals surface area contributed by atoms with Crippen molar-refractivity contribution in [3.63, 3.8) is 0 Å². The van der Waals surface area contributed by atoms with Crippen LogP contribution in [0.5, 0.6) is 11.5 Å². The molecule has 0 bridgehead atoms. The maximum Gasteiger partial charge on any atom is 0.265 e. The molecule has 3 rings (SSSR count). The van der Waals surface area contributed by atoms with Gasteiger partial charge in [-0.15, -0.1) is 0 Å². The van der Waals surface area contributed by atoms with Crippen LogP contribution in [0.15, 0.2) is 35.2 Å². The molecule has 0 spiro atoms. The van der Waals surface area contributed by atoms with Gasteiger partial charge in [0.1, 0.15) is 16.4 Å². The molecule has 1 fully saturated rings. The van der Waals surface area contributed by atoms with E-state index in [1.54, 1.807) is 6.92 Å². The first-order valence-electron chi connectivity index (χ1n) is 9.03. The highest BCUT2D eigenvalue weighted by atomic mass is 35.5. The van der Waals surface area contributed by atoms with Gasteiger partial charge in [-0.25, -0.2) is 21.1 Å². The van der Waals surface area contributed by atoms with E-state index in [1.165, 1.54) is 45.4 Å². The Labute approximate surface area is 186 Å². The summed E-state index contributed by atoms with van der Waals surface area (Å²) in [5, 5.41) is 0.395. The summed E-state index contributed by atoms with van der Waals surface area (Å²) in [5.74, 6) is -1.54. The van der Waals surface area contributed by atoms with E-state index in [0.717, 1.165) is 6.07 Å². The smallest absolute Gasteiger partial charge is 0.265 e. The summed E-state index contributed by atoms with van der Waals surface area (Å²) >= 11 is 6.07. The molecular formula is C19H21ClN2O7S2. The molecule has 1 heterocycles. The van der Waals surface area contributed by atoms with Crippen molar-refractivity contribution >= 4 is 48.9 Å². The van der Waals surface area contributed by atoms with Crippen LogP contribution in [0.25, 0.3) is 0 Å². The lowest BCUT2D eigenvalue weighted by molar-refractivity contribution is -0.119. The van der Waals surface area contributed by atoms with Crippen molar-refractivity contribution in [2.75, 3.05) is 29.0 Å². The van der Waals surface area contributed by atoms with Crippen molar-refractivity contribution < 1.29 is 31.1 Å². The highest BCUT2D eigenvalue weighted by molar-refractivity contribution is 7.94. The monoisotopic (exact) mass is 488 g/mol. The molecule has 0 saturated carbocycles. The van der Waals surface area contributed by atoms with E-state index < -0.39 is 31.9 Å². The van der Waals surface area contributed by atoms with Gasteiger partial charge in [-0.05, 0) is 36.8 Å². The Morgan fingerprint density at radius 2 is 1.77 bits per heavy atom. The lowest BCUT2D eigenvalue weighted by atomic mass is 10.2. The van der Waals surface area contributed by atoms with Gasteiger partial charge in [0.2, 0.25) is 15.9 Å². The van der Waals surface area contributed by atoms with Gasteiger partial charge in [0.15, 0.2) is 0 Å². The van der Waals surface area contributed by atoms with Gasteiger partial charge in [0, 0.05) is 11.1 Å². The number of hydrogen-bond donors (Lipinski definition) is 1. The Morgan fingerprint density at radius 1 is 1.13 bits per heavy atom. The first-order valence-corrected chi connectivity index (χ1v) is 12.5. The summed E-state index contributed by atoms with van der Waals surface area (Å²) in [6.07, 6.45) is 0. The second-order valence-electron chi connectivity index (χ2n) is 7.02. The van der Waals surface area contributed by atoms with Crippen LogP contribution in [0, 0.1) is 12.8 Å². The van der Waals surface area contributed by atoms with E-state index in [4.69, 9.17) is 21.1 Å². The number of hydrogen-bond acceptors (Lipinski definition) is 7. The number of nitrogens with zero attached hydrogens (tertiary/aromatic N) is 1. The zero-order valence-corrected chi connectivity index (χ0v) is 19.6. The first-order chi connectivity index (χ1) is 14.4. The molecule has 0 aromatic heterocycles. The van der Waals surface area contributed by atoms with Crippen LogP contribution in [-0.4, -0.2) is 42.7 Å². The Kier molecular flexibility index (Phi) is 6.14. The minimum absolute atomic E-state index is 0.0296. The number of ether oxygens (including phenoxy) is 2. The fourth-order valence-corrected chi connectivity index (χ4v) is 6.42. The van der Waals surface area contributed by atoms with Gasteiger partial charge in [0.25, 0.3) is 10.0 Å². The minimum atomic E-state index is -4.27. The third-order valence-electron chi connectivity index (χ3n) is 4.76. The largest absolute Gasteiger partial charge is 0.495 e. The number of nitrogens with one attached hydrogen (secondary N) is 1. The van der Waals surface area contributed by atoms with E-state index in [9.17, 15) is 21.6 Å². The molecule has 9 nitrogen and oxygen atoms in total. The molecule has 1 N–H and O–H groups in total. The van der Waals surface area contributed by atoms with Crippen LogP contribution in [0.4, 0.5) is 11.4 Å². The van der Waals surface area contributed by atoms with Crippen LogP contribution in [0.2, 0.25) is 5.02 Å². The Balaban J connectivity index is 2.11. The molecule has 0 aliphatic carbocycles. The topological polar surface area (TPSA) is 119 Å². The van der Waals surface area contributed by atoms with Crippen molar-refractivity contribution in [3.05, 3.63) is 40.9 Å². The van der Waals surface area contributed by atoms with Gasteiger partial charge in [0.05, 0.1) is 37.3 Å². The molecule has 1 amide bonds. The van der Waals surface area contributed by atoms with Crippen molar-refractivity contribution in [1.82, 2.24) is 0 Å². The van der Waals surface area contributed by atoms with Crippen LogP contribution >= 0.6 is 11.6 Å². The highest BCUT2D eigenvalue weighted by Gasteiger charge is 2.42. The molecule has 1 aliphatic rings. The zero-order chi connectivity index (χ0) is 23.1. The molecule has 1 unspecified atom stereocenters. The van der Waals surface area contributed by atoms with Crippen molar-refractivity contribution in [3.8, 4) is 11.5 Å². The molecule has 0 radical (unpaired) electrons. The summed E-state index contributed by atoms with van der Waals surface area (Å²) in [7, 11) is -5.53. The maximum atomic E-state index is 13.2. The zero-order valence-electron chi connectivity index (χ0n) is 17.2. The van der Waals surface area contributed by atoms with Crippen LogP contribution in [0.1, 0.15) is 12.5 Å². The van der Waals surface area contributed by atoms with E-state index >= 15 is 0 Å². The summed E-state index contributed by atoms with van der Waals surface area (Å²) in [5.41, 5.74) is 0.661. The number of anilines is 2. The van der Waals surface area contributed by atoms with Gasteiger partial charge >= 0.3 is 0 Å². The Bertz CT molecular complexity index is 1260. The third-order valence-corrected chi connectivity index (χ3v) is 8.42. The predicted molar refractivity (Wildman–Crippen MR) is 117 cm³/mol. The average molecular weight is 489 g/mol. The number of carbonyl (C=O) groups is 1. The standard InChI is InChI=1S/C19H21ClN2O7S2/c1-11-7-15(17(29-4)9-14(11)20)21-31(26,27)18-8-13(5-6-16(18)28-3)22-19(23)12(2)10-30(22,24)25/h5-9,12,21H,10H2,1-4H3. The molecule has 12 heteroatoms. The number of amides is 1. The van der Waals surface area contributed by atoms with E-state index in [2.05, 4.69) is 4.72 Å². The van der Waals surface area contributed by atoms with Gasteiger partial charge in [-0.1, -0.05) is 18.5 Å². The SMILES string of the molecule is COc1cc(Cl)c(C)cc1NS(=O)(=O)c1cc(N2C(=O)C(C)CS2(=O)=O)ccc1OC. The van der Waals surface area contributed by atoms with Crippen LogP contribution < -0.4 is 18.5 Å². The number of halogens is 1. The Morgan fingerprint density at radius 3 is 2.32 bits per heavy atom. The number of sulfonamides is 2. The fourth-order valence-electron chi connectivity index (χ4n) is 3.20. The molecule has 2 aromatic rings. The molecule has 31 heavy (non-hydrogen) atoms. The van der Waals surface area contributed by atoms with E-state index in [0.29, 0.717) is 14.9 Å². The van der Waals surface area contributed by atoms with Crippen LogP contribution in [0.3, 0.4) is 0 Å². The van der Waals surface area contributed by atoms with Gasteiger partial charge in [-0.2, -0.15) is 0 Å². The van der Waals surface area contributed by atoms with E-state index in [1.807, 2.05) is 0 Å². The van der Waals surface area contributed by atoms with Gasteiger partial charge in [-0.3, -0.25) is 9.52 Å². The van der Waals surface area contributed by atoms with Gasteiger partial charge < -0.3 is 9.47 Å². The lowest BCUT2D eigenvalue weighted by Crippen LogP contribution is -2.30. The second kappa shape index (κ2) is 8.21. The molecule has 168 valence electrons. The van der Waals surface area contributed by atoms with Crippen LogP contribution in [-0.2, 0) is 24.8 Å². The summed E-state index contributed by atoms with van der Waals surface area (Å²) in [4.78, 5) is 12.1. The quantitative estimate of drug-likeness (QED) is 0.663. The van der Waals surface area contributed by atoms with E-state index in [-0.39, 0.29) is 33.5 Å². The van der Waals surface area contributed by atoms with Crippen molar-refractivity contribution in [2.45, 2.75) is 18.7 Å². The molecule has 1 aliphatic heterocycles. The predicted octanol–water partition coefficient (Wildman–Crippen LogP) is 2.78. The van der Waals surface area contributed by atoms with Crippen molar-refractivity contribution in [2.24, 2.45) is 5.92 Å². The summed E-state index contributed by atoms with van der Waals surface area (Å²) in [6.45, 7) is 3.20. The second-order valence-corrected chi connectivity index (χ2v) is 10.9. The molecule has 1 atom stereocenters. The number of carbonyl (C=O) groups excluding carboxylic acids is 1. The number of methoxy groups -OCH3 is 2. The lowest BCUT2D eigenvalue weighted by Gasteiger charge is -2.19. The Hall–Kier alpha value is -2.50. The number of aryl methyl sites for hydroxylation is 1. The fraction of sp³-hybridized carbons (Fsp3) is 0.316.